The number of nitro groups is 1. The summed E-state index contributed by atoms with van der Waals surface area (Å²) in [4.78, 5) is 31.2. The molecule has 0 radical (unpaired) electrons. The smallest absolute Gasteiger partial charge is 0.433 e. The SMILES string of the molecule is CN(C)CCN(C(=O)c1ccc([N+](=O)[O-])o1)c1nc2cc3c(cc2s1)OCCO3.Cl. The molecule has 160 valence electrons. The third kappa shape index (κ3) is 4.32. The standard InChI is InChI=1S/C18H18N4O6S.ClH/c1-20(2)5-6-21(17(23)12-3-4-16(28-12)22(24)25)18-19-11-9-13-14(10-15(11)29-18)27-8-7-26-13;/h3-4,9-10H,5-8H2,1-2H3;1H. The molecule has 3 heterocycles. The predicted molar refractivity (Wildman–Crippen MR) is 113 cm³/mol. The summed E-state index contributed by atoms with van der Waals surface area (Å²) in [7, 11) is 3.78. The van der Waals surface area contributed by atoms with E-state index in [1.54, 1.807) is 6.07 Å². The minimum absolute atomic E-state index is 0. The molecule has 1 amide bonds. The van der Waals surface area contributed by atoms with Crippen LogP contribution in [0.5, 0.6) is 11.5 Å². The predicted octanol–water partition coefficient (Wildman–Crippen LogP) is 3.20. The molecule has 0 N–H and O–H groups in total. The Balaban J connectivity index is 0.00000256. The van der Waals surface area contributed by atoms with Gasteiger partial charge in [-0.15, -0.1) is 12.4 Å². The number of benzene rings is 1. The first-order valence-corrected chi connectivity index (χ1v) is 9.65. The third-order valence-corrected chi connectivity index (χ3v) is 5.31. The second kappa shape index (κ2) is 8.86. The molecule has 0 saturated carbocycles. The van der Waals surface area contributed by atoms with E-state index in [2.05, 4.69) is 4.98 Å². The maximum Gasteiger partial charge on any atom is 0.433 e. The van der Waals surface area contributed by atoms with Gasteiger partial charge in [0.1, 0.15) is 18.1 Å². The zero-order valence-electron chi connectivity index (χ0n) is 16.2. The number of anilines is 1. The number of thiazole rings is 1. The van der Waals surface area contributed by atoms with Gasteiger partial charge in [0.2, 0.25) is 0 Å². The highest BCUT2D eigenvalue weighted by Crippen LogP contribution is 2.39. The van der Waals surface area contributed by atoms with E-state index in [1.165, 1.54) is 28.4 Å². The van der Waals surface area contributed by atoms with Crippen LogP contribution in [0.2, 0.25) is 0 Å². The number of rotatable bonds is 6. The minimum Gasteiger partial charge on any atom is -0.486 e. The number of furan rings is 1. The normalized spacial score (nSPS) is 12.6. The second-order valence-corrected chi connectivity index (χ2v) is 7.62. The van der Waals surface area contributed by atoms with Crippen LogP contribution in [-0.2, 0) is 0 Å². The molecule has 1 aliphatic heterocycles. The summed E-state index contributed by atoms with van der Waals surface area (Å²) < 4.78 is 17.2. The lowest BCUT2D eigenvalue weighted by Gasteiger charge is -2.20. The van der Waals surface area contributed by atoms with Crippen molar-refractivity contribution in [1.82, 2.24) is 9.88 Å². The maximum atomic E-state index is 13.0. The summed E-state index contributed by atoms with van der Waals surface area (Å²) in [6, 6.07) is 6.10. The van der Waals surface area contributed by atoms with Crippen LogP contribution in [0.3, 0.4) is 0 Å². The Morgan fingerprint density at radius 1 is 1.20 bits per heavy atom. The van der Waals surface area contributed by atoms with Crippen LogP contribution in [0, 0.1) is 10.1 Å². The fourth-order valence-corrected chi connectivity index (χ4v) is 3.83. The molecule has 2 aromatic heterocycles. The molecule has 1 aromatic carbocycles. The van der Waals surface area contributed by atoms with E-state index in [9.17, 15) is 14.9 Å². The van der Waals surface area contributed by atoms with Crippen molar-refractivity contribution in [2.24, 2.45) is 0 Å². The average Bonchev–Trinajstić information content (AvgIpc) is 3.33. The van der Waals surface area contributed by atoms with E-state index >= 15 is 0 Å². The van der Waals surface area contributed by atoms with Gasteiger partial charge in [0.05, 0.1) is 16.3 Å². The van der Waals surface area contributed by atoms with Gasteiger partial charge in [-0.1, -0.05) is 11.3 Å². The van der Waals surface area contributed by atoms with Crippen molar-refractivity contribution in [3.05, 3.63) is 40.1 Å². The van der Waals surface area contributed by atoms with E-state index in [0.717, 1.165) is 4.70 Å². The number of nitrogens with zero attached hydrogens (tertiary/aromatic N) is 4. The largest absolute Gasteiger partial charge is 0.486 e. The molecule has 0 aliphatic carbocycles. The number of amides is 1. The van der Waals surface area contributed by atoms with Gasteiger partial charge < -0.3 is 18.8 Å². The number of hydrogen-bond donors (Lipinski definition) is 0. The molecule has 12 heteroatoms. The molecule has 10 nitrogen and oxygen atoms in total. The zero-order chi connectivity index (χ0) is 20.5. The molecule has 0 fully saturated rings. The van der Waals surface area contributed by atoms with E-state index in [0.29, 0.717) is 48.5 Å². The van der Waals surface area contributed by atoms with E-state index in [1.807, 2.05) is 25.1 Å². The lowest BCUT2D eigenvalue weighted by Crippen LogP contribution is -2.36. The Kier molecular flexibility index (Phi) is 6.44. The van der Waals surface area contributed by atoms with Crippen molar-refractivity contribution in [1.29, 1.82) is 0 Å². The lowest BCUT2D eigenvalue weighted by molar-refractivity contribution is -0.402. The molecule has 0 unspecified atom stereocenters. The molecule has 0 atom stereocenters. The fraction of sp³-hybridized carbons (Fsp3) is 0.333. The summed E-state index contributed by atoms with van der Waals surface area (Å²) >= 11 is 1.33. The van der Waals surface area contributed by atoms with Crippen molar-refractivity contribution in [2.75, 3.05) is 45.3 Å². The van der Waals surface area contributed by atoms with Crippen molar-refractivity contribution < 1.29 is 23.6 Å². The van der Waals surface area contributed by atoms with Crippen molar-refractivity contribution >= 4 is 50.9 Å². The van der Waals surface area contributed by atoms with Crippen molar-refractivity contribution in [3.8, 4) is 11.5 Å². The Morgan fingerprint density at radius 3 is 2.53 bits per heavy atom. The average molecular weight is 455 g/mol. The monoisotopic (exact) mass is 454 g/mol. The Morgan fingerprint density at radius 2 is 1.90 bits per heavy atom. The van der Waals surface area contributed by atoms with Crippen LogP contribution < -0.4 is 14.4 Å². The summed E-state index contributed by atoms with van der Waals surface area (Å²) in [5.74, 6) is 0.185. The number of ether oxygens (including phenoxy) is 2. The number of fused-ring (bicyclic) bond motifs is 2. The number of halogens is 1. The molecule has 4 rings (SSSR count). The Bertz CT molecular complexity index is 1040. The van der Waals surface area contributed by atoms with Crippen LogP contribution >= 0.6 is 23.7 Å². The van der Waals surface area contributed by atoms with E-state index in [-0.39, 0.29) is 18.2 Å². The zero-order valence-corrected chi connectivity index (χ0v) is 17.8. The molecule has 30 heavy (non-hydrogen) atoms. The van der Waals surface area contributed by atoms with Crippen LogP contribution in [0.4, 0.5) is 11.0 Å². The number of hydrogen-bond acceptors (Lipinski definition) is 9. The summed E-state index contributed by atoms with van der Waals surface area (Å²) in [5, 5.41) is 11.3. The highest BCUT2D eigenvalue weighted by Gasteiger charge is 2.26. The van der Waals surface area contributed by atoms with Gasteiger partial charge in [0.15, 0.2) is 22.4 Å². The molecular weight excluding hydrogens is 436 g/mol. The van der Waals surface area contributed by atoms with Gasteiger partial charge in [-0.2, -0.15) is 0 Å². The van der Waals surface area contributed by atoms with Gasteiger partial charge in [-0.25, -0.2) is 4.98 Å². The van der Waals surface area contributed by atoms with Crippen LogP contribution in [0.15, 0.2) is 28.7 Å². The minimum atomic E-state index is -0.677. The summed E-state index contributed by atoms with van der Waals surface area (Å²) in [6.45, 7) is 1.87. The van der Waals surface area contributed by atoms with Gasteiger partial charge in [-0.3, -0.25) is 19.8 Å². The topological polar surface area (TPSA) is 111 Å². The van der Waals surface area contributed by atoms with E-state index < -0.39 is 16.7 Å². The van der Waals surface area contributed by atoms with Crippen LogP contribution in [-0.4, -0.2) is 61.1 Å². The lowest BCUT2D eigenvalue weighted by atomic mass is 10.3. The maximum absolute atomic E-state index is 13.0. The number of aromatic nitrogens is 1. The van der Waals surface area contributed by atoms with Gasteiger partial charge in [0, 0.05) is 25.2 Å². The molecule has 0 spiro atoms. The molecule has 3 aromatic rings. The highest BCUT2D eigenvalue weighted by atomic mass is 35.5. The molecule has 1 aliphatic rings. The molecule has 0 bridgehead atoms. The second-order valence-electron chi connectivity index (χ2n) is 6.62. The van der Waals surface area contributed by atoms with Gasteiger partial charge in [0.25, 0.3) is 5.91 Å². The summed E-state index contributed by atoms with van der Waals surface area (Å²) in [6.07, 6.45) is 0. The van der Waals surface area contributed by atoms with Crippen molar-refractivity contribution in [3.63, 3.8) is 0 Å². The Hall–Kier alpha value is -2.89. The molecule has 0 saturated heterocycles. The fourth-order valence-electron chi connectivity index (χ4n) is 2.83. The van der Waals surface area contributed by atoms with Crippen LogP contribution in [0.1, 0.15) is 10.6 Å². The number of carbonyl (C=O) groups is 1. The third-order valence-electron chi connectivity index (χ3n) is 4.27. The number of carbonyl (C=O) groups excluding carboxylic acids is 1. The first-order chi connectivity index (χ1) is 13.9. The van der Waals surface area contributed by atoms with E-state index in [4.69, 9.17) is 13.9 Å². The molecular formula is C18H19ClN4O6S. The number of likely N-dealkylation sites (N-methyl/N-ethyl adjacent to an activating group) is 1. The van der Waals surface area contributed by atoms with Gasteiger partial charge in [-0.05, 0) is 20.2 Å². The Labute approximate surface area is 181 Å². The van der Waals surface area contributed by atoms with Crippen molar-refractivity contribution in [2.45, 2.75) is 0 Å². The van der Waals surface area contributed by atoms with Gasteiger partial charge >= 0.3 is 5.88 Å². The first kappa shape index (κ1) is 21.8. The van der Waals surface area contributed by atoms with Crippen LogP contribution in [0.25, 0.3) is 10.2 Å². The quantitative estimate of drug-likeness (QED) is 0.412. The highest BCUT2D eigenvalue weighted by molar-refractivity contribution is 7.22. The first-order valence-electron chi connectivity index (χ1n) is 8.83. The summed E-state index contributed by atoms with van der Waals surface area (Å²) in [5.41, 5.74) is 0.683.